The van der Waals surface area contributed by atoms with E-state index in [1.807, 2.05) is 7.05 Å². The zero-order valence-corrected chi connectivity index (χ0v) is 9.82. The molecule has 84 valence electrons. The minimum absolute atomic E-state index is 0.462. The van der Waals surface area contributed by atoms with E-state index in [-0.39, 0.29) is 0 Å². The zero-order valence-electron chi connectivity index (χ0n) is 9.82. The van der Waals surface area contributed by atoms with Crippen LogP contribution in [0.1, 0.15) is 50.3 Å². The summed E-state index contributed by atoms with van der Waals surface area (Å²) in [6, 6.07) is 0.547. The third-order valence-corrected chi connectivity index (χ3v) is 3.05. The summed E-state index contributed by atoms with van der Waals surface area (Å²) >= 11 is 0. The molecule has 0 saturated heterocycles. The Balaban J connectivity index is 2.34. The molecule has 0 bridgehead atoms. The predicted molar refractivity (Wildman–Crippen MR) is 60.0 cm³/mol. The van der Waals surface area contributed by atoms with Crippen LogP contribution in [0, 0.1) is 0 Å². The van der Waals surface area contributed by atoms with E-state index < -0.39 is 0 Å². The van der Waals surface area contributed by atoms with Crippen LogP contribution in [-0.4, -0.2) is 28.4 Å². The van der Waals surface area contributed by atoms with Gasteiger partial charge in [-0.1, -0.05) is 13.8 Å². The van der Waals surface area contributed by atoms with Crippen molar-refractivity contribution in [2.24, 2.45) is 0 Å². The fourth-order valence-corrected chi connectivity index (χ4v) is 2.35. The number of aromatic nitrogens is 3. The first-order chi connectivity index (χ1) is 7.24. The van der Waals surface area contributed by atoms with Gasteiger partial charge in [-0.05, 0) is 19.9 Å². The number of likely N-dealkylation sites (N-methyl/N-ethyl adjacent to an activating group) is 1. The molecular formula is C11H20N4. The van der Waals surface area contributed by atoms with Crippen LogP contribution in [0.3, 0.4) is 0 Å². The third-order valence-electron chi connectivity index (χ3n) is 3.05. The lowest BCUT2D eigenvalue weighted by atomic mass is 10.0. The molecule has 1 aliphatic heterocycles. The number of hydrogen-bond acceptors (Lipinski definition) is 3. The van der Waals surface area contributed by atoms with Crippen molar-refractivity contribution in [3.63, 3.8) is 0 Å². The van der Waals surface area contributed by atoms with Gasteiger partial charge in [0, 0.05) is 24.9 Å². The van der Waals surface area contributed by atoms with Crippen molar-refractivity contribution in [2.75, 3.05) is 13.6 Å². The van der Waals surface area contributed by atoms with Crippen LogP contribution in [0.15, 0.2) is 0 Å². The van der Waals surface area contributed by atoms with Crippen molar-refractivity contribution >= 4 is 0 Å². The van der Waals surface area contributed by atoms with E-state index in [0.29, 0.717) is 12.0 Å². The van der Waals surface area contributed by atoms with Crippen LogP contribution in [0.25, 0.3) is 0 Å². The molecular weight excluding hydrogens is 188 g/mol. The summed E-state index contributed by atoms with van der Waals surface area (Å²) in [5.41, 5.74) is 0. The second kappa shape index (κ2) is 4.31. The highest BCUT2D eigenvalue weighted by Gasteiger charge is 2.24. The van der Waals surface area contributed by atoms with Gasteiger partial charge in [-0.2, -0.15) is 0 Å². The van der Waals surface area contributed by atoms with Gasteiger partial charge in [0.2, 0.25) is 0 Å². The normalized spacial score (nSPS) is 20.7. The molecule has 0 fully saturated rings. The first kappa shape index (κ1) is 10.6. The van der Waals surface area contributed by atoms with Gasteiger partial charge in [-0.15, -0.1) is 10.2 Å². The van der Waals surface area contributed by atoms with Crippen LogP contribution in [0.5, 0.6) is 0 Å². The average molecular weight is 208 g/mol. The Bertz CT molecular complexity index is 329. The number of nitrogens with one attached hydrogen (secondary N) is 1. The molecule has 0 amide bonds. The Morgan fingerprint density at radius 1 is 1.47 bits per heavy atom. The Morgan fingerprint density at radius 3 is 2.93 bits per heavy atom. The molecule has 0 aliphatic carbocycles. The number of aryl methyl sites for hydroxylation is 1. The molecule has 2 heterocycles. The average Bonchev–Trinajstić information content (AvgIpc) is 2.62. The SMILES string of the molecule is CNCC1CCCc2nnc(C(C)C)n21. The maximum Gasteiger partial charge on any atom is 0.135 e. The molecule has 0 saturated carbocycles. The molecule has 4 nitrogen and oxygen atoms in total. The van der Waals surface area contributed by atoms with Crippen LogP contribution in [0.2, 0.25) is 0 Å². The lowest BCUT2D eigenvalue weighted by Gasteiger charge is -2.26. The van der Waals surface area contributed by atoms with Crippen molar-refractivity contribution in [1.29, 1.82) is 0 Å². The smallest absolute Gasteiger partial charge is 0.135 e. The topological polar surface area (TPSA) is 42.7 Å². The quantitative estimate of drug-likeness (QED) is 0.818. The molecule has 1 unspecified atom stereocenters. The number of nitrogens with zero attached hydrogens (tertiary/aromatic N) is 3. The van der Waals surface area contributed by atoms with E-state index in [4.69, 9.17) is 0 Å². The first-order valence-electron chi connectivity index (χ1n) is 5.82. The van der Waals surface area contributed by atoms with Crippen molar-refractivity contribution in [3.8, 4) is 0 Å². The van der Waals surface area contributed by atoms with Crippen LogP contribution in [-0.2, 0) is 6.42 Å². The molecule has 1 atom stereocenters. The lowest BCUT2D eigenvalue weighted by molar-refractivity contribution is 0.372. The summed E-state index contributed by atoms with van der Waals surface area (Å²) in [7, 11) is 2.01. The Hall–Kier alpha value is -0.900. The standard InChI is InChI=1S/C11H20N4/c1-8(2)11-14-13-10-6-4-5-9(7-12-3)15(10)11/h8-9,12H,4-7H2,1-3H3. The second-order valence-corrected chi connectivity index (χ2v) is 4.60. The summed E-state index contributed by atoms with van der Waals surface area (Å²) in [4.78, 5) is 0. The zero-order chi connectivity index (χ0) is 10.8. The highest BCUT2D eigenvalue weighted by Crippen LogP contribution is 2.27. The molecule has 0 aromatic carbocycles. The minimum Gasteiger partial charge on any atom is -0.318 e. The minimum atomic E-state index is 0.462. The van der Waals surface area contributed by atoms with Gasteiger partial charge in [-0.25, -0.2) is 0 Å². The molecule has 1 aromatic rings. The molecule has 2 rings (SSSR count). The van der Waals surface area contributed by atoms with E-state index in [1.54, 1.807) is 0 Å². The molecule has 0 radical (unpaired) electrons. The van der Waals surface area contributed by atoms with Crippen LogP contribution in [0.4, 0.5) is 0 Å². The molecule has 1 aromatic heterocycles. The van der Waals surface area contributed by atoms with E-state index in [0.717, 1.165) is 18.8 Å². The number of hydrogen-bond donors (Lipinski definition) is 1. The van der Waals surface area contributed by atoms with E-state index >= 15 is 0 Å². The van der Waals surface area contributed by atoms with E-state index in [9.17, 15) is 0 Å². The molecule has 0 spiro atoms. The predicted octanol–water partition coefficient (Wildman–Crippen LogP) is 1.50. The Labute approximate surface area is 91.1 Å². The molecule has 1 aliphatic rings. The van der Waals surface area contributed by atoms with Crippen LogP contribution < -0.4 is 5.32 Å². The van der Waals surface area contributed by atoms with E-state index in [2.05, 4.69) is 33.9 Å². The Morgan fingerprint density at radius 2 is 2.27 bits per heavy atom. The van der Waals surface area contributed by atoms with Gasteiger partial charge in [0.25, 0.3) is 0 Å². The fourth-order valence-electron chi connectivity index (χ4n) is 2.35. The number of fused-ring (bicyclic) bond motifs is 1. The largest absolute Gasteiger partial charge is 0.318 e. The highest BCUT2D eigenvalue weighted by atomic mass is 15.3. The Kier molecular flexibility index (Phi) is 3.05. The maximum absolute atomic E-state index is 4.31. The van der Waals surface area contributed by atoms with Gasteiger partial charge in [-0.3, -0.25) is 0 Å². The maximum atomic E-state index is 4.31. The van der Waals surface area contributed by atoms with Gasteiger partial charge < -0.3 is 9.88 Å². The van der Waals surface area contributed by atoms with Gasteiger partial charge in [0.05, 0.1) is 0 Å². The molecule has 15 heavy (non-hydrogen) atoms. The van der Waals surface area contributed by atoms with Gasteiger partial charge >= 0.3 is 0 Å². The highest BCUT2D eigenvalue weighted by molar-refractivity contribution is 5.05. The summed E-state index contributed by atoms with van der Waals surface area (Å²) in [5.74, 6) is 2.78. The summed E-state index contributed by atoms with van der Waals surface area (Å²) < 4.78 is 2.35. The summed E-state index contributed by atoms with van der Waals surface area (Å²) in [6.45, 7) is 5.38. The summed E-state index contributed by atoms with van der Waals surface area (Å²) in [5, 5.41) is 11.9. The van der Waals surface area contributed by atoms with Crippen molar-refractivity contribution in [1.82, 2.24) is 20.1 Å². The monoisotopic (exact) mass is 208 g/mol. The van der Waals surface area contributed by atoms with Crippen LogP contribution >= 0.6 is 0 Å². The second-order valence-electron chi connectivity index (χ2n) is 4.60. The molecule has 1 N–H and O–H groups in total. The van der Waals surface area contributed by atoms with Gasteiger partial charge in [0.1, 0.15) is 11.6 Å². The first-order valence-corrected chi connectivity index (χ1v) is 5.82. The van der Waals surface area contributed by atoms with E-state index in [1.165, 1.54) is 18.7 Å². The molecule has 4 heteroatoms. The number of rotatable bonds is 3. The lowest BCUT2D eigenvalue weighted by Crippen LogP contribution is -2.28. The van der Waals surface area contributed by atoms with Crippen molar-refractivity contribution < 1.29 is 0 Å². The fraction of sp³-hybridized carbons (Fsp3) is 0.818. The van der Waals surface area contributed by atoms with Gasteiger partial charge in [0.15, 0.2) is 0 Å². The van der Waals surface area contributed by atoms with Crippen molar-refractivity contribution in [3.05, 3.63) is 11.6 Å². The summed E-state index contributed by atoms with van der Waals surface area (Å²) in [6.07, 6.45) is 3.56. The van der Waals surface area contributed by atoms with Crippen molar-refractivity contribution in [2.45, 2.75) is 45.1 Å². The third kappa shape index (κ3) is 1.91.